The largest absolute Gasteiger partial charge is 0.290 e. The molecule has 0 atom stereocenters. The van der Waals surface area contributed by atoms with E-state index in [2.05, 4.69) is 10.4 Å². The lowest BCUT2D eigenvalue weighted by atomic mass is 10.5. The third-order valence-electron chi connectivity index (χ3n) is 1.29. The first-order chi connectivity index (χ1) is 5.22. The number of carbonyl (C=O) groups excluding carboxylic acids is 2. The maximum atomic E-state index is 10.8. The molecule has 0 aliphatic carbocycles. The molecule has 11 heavy (non-hydrogen) atoms. The van der Waals surface area contributed by atoms with Crippen LogP contribution in [-0.2, 0) is 9.59 Å². The van der Waals surface area contributed by atoms with E-state index in [9.17, 15) is 9.59 Å². The van der Waals surface area contributed by atoms with Gasteiger partial charge >= 0.3 is 0 Å². The van der Waals surface area contributed by atoms with Crippen LogP contribution in [0.3, 0.4) is 0 Å². The number of hydrogen-bond donors (Lipinski definition) is 1. The predicted molar refractivity (Wildman–Crippen MR) is 38.9 cm³/mol. The molecule has 0 saturated heterocycles. The molecule has 1 aliphatic heterocycles. The molecule has 0 radical (unpaired) electrons. The smallest absolute Gasteiger partial charge is 0.270 e. The Morgan fingerprint density at radius 1 is 1.73 bits per heavy atom. The van der Waals surface area contributed by atoms with Gasteiger partial charge in [0.05, 0.1) is 0 Å². The summed E-state index contributed by atoms with van der Waals surface area (Å²) >= 11 is 0. The Morgan fingerprint density at radius 3 is 3.09 bits per heavy atom. The molecule has 2 amide bonds. The summed E-state index contributed by atoms with van der Waals surface area (Å²) in [5.74, 6) is -0.764. The highest BCUT2D eigenvalue weighted by Crippen LogP contribution is 1.90. The zero-order valence-electron chi connectivity index (χ0n) is 6.20. The van der Waals surface area contributed by atoms with Gasteiger partial charge in [0.25, 0.3) is 5.91 Å². The van der Waals surface area contributed by atoms with E-state index in [4.69, 9.17) is 0 Å². The molecule has 1 aliphatic rings. The minimum Gasteiger partial charge on any atom is -0.290 e. The van der Waals surface area contributed by atoms with Crippen LogP contribution < -0.4 is 5.32 Å². The third kappa shape index (κ3) is 2.03. The first kappa shape index (κ1) is 7.71. The number of nitrogens with one attached hydrogen (secondary N) is 1. The van der Waals surface area contributed by atoms with Gasteiger partial charge in [-0.2, -0.15) is 5.10 Å². The lowest BCUT2D eigenvalue weighted by Gasteiger charge is -2.11. The van der Waals surface area contributed by atoms with E-state index in [1.165, 1.54) is 5.01 Å². The average molecular weight is 155 g/mol. The Hall–Kier alpha value is -1.39. The van der Waals surface area contributed by atoms with E-state index in [0.717, 1.165) is 6.21 Å². The van der Waals surface area contributed by atoms with Gasteiger partial charge in [-0.15, -0.1) is 0 Å². The SMILES string of the molecule is CCN1CC(=O)NC(=O)C=N1. The molecular formula is C6H9N3O2. The van der Waals surface area contributed by atoms with E-state index < -0.39 is 5.91 Å². The van der Waals surface area contributed by atoms with Gasteiger partial charge in [0.2, 0.25) is 5.91 Å². The van der Waals surface area contributed by atoms with Crippen molar-refractivity contribution in [3.8, 4) is 0 Å². The van der Waals surface area contributed by atoms with Gasteiger partial charge in [-0.1, -0.05) is 0 Å². The molecule has 0 spiro atoms. The van der Waals surface area contributed by atoms with Gasteiger partial charge in [0, 0.05) is 6.54 Å². The predicted octanol–water partition coefficient (Wildman–Crippen LogP) is -1.05. The van der Waals surface area contributed by atoms with Gasteiger partial charge in [0.15, 0.2) is 0 Å². The number of carbonyl (C=O) groups is 2. The zero-order valence-corrected chi connectivity index (χ0v) is 6.20. The number of hydrazone groups is 1. The number of rotatable bonds is 1. The highest BCUT2D eigenvalue weighted by Gasteiger charge is 2.12. The van der Waals surface area contributed by atoms with Crippen LogP contribution in [0.1, 0.15) is 6.92 Å². The Morgan fingerprint density at radius 2 is 2.45 bits per heavy atom. The van der Waals surface area contributed by atoms with Crippen LogP contribution in [0, 0.1) is 0 Å². The number of imide groups is 1. The fraction of sp³-hybridized carbons (Fsp3) is 0.500. The molecule has 0 saturated carbocycles. The van der Waals surface area contributed by atoms with Crippen molar-refractivity contribution in [2.45, 2.75) is 6.92 Å². The molecule has 5 nitrogen and oxygen atoms in total. The molecule has 0 aromatic rings. The minimum absolute atomic E-state index is 0.152. The monoisotopic (exact) mass is 155 g/mol. The molecule has 1 rings (SSSR count). The average Bonchev–Trinajstić information content (AvgIpc) is 2.11. The van der Waals surface area contributed by atoms with Crippen LogP contribution in [0.2, 0.25) is 0 Å². The summed E-state index contributed by atoms with van der Waals surface area (Å²) in [7, 11) is 0. The molecule has 0 unspecified atom stereocenters. The Labute approximate surface area is 64.1 Å². The molecule has 0 bridgehead atoms. The van der Waals surface area contributed by atoms with E-state index in [-0.39, 0.29) is 12.5 Å². The van der Waals surface area contributed by atoms with Gasteiger partial charge in [0.1, 0.15) is 12.8 Å². The van der Waals surface area contributed by atoms with Crippen LogP contribution in [0.5, 0.6) is 0 Å². The number of nitrogens with zero attached hydrogens (tertiary/aromatic N) is 2. The second kappa shape index (κ2) is 3.14. The van der Waals surface area contributed by atoms with E-state index >= 15 is 0 Å². The highest BCUT2D eigenvalue weighted by molar-refractivity contribution is 6.30. The molecule has 5 heteroatoms. The summed E-state index contributed by atoms with van der Waals surface area (Å²) < 4.78 is 0. The standard InChI is InChI=1S/C6H9N3O2/c1-2-9-4-6(11)8-5(10)3-7-9/h3H,2,4H2,1H3,(H,8,10,11). The quantitative estimate of drug-likeness (QED) is 0.491. The number of likely N-dealkylation sites (N-methyl/N-ethyl adjacent to an activating group) is 1. The Kier molecular flexibility index (Phi) is 2.20. The maximum Gasteiger partial charge on any atom is 0.270 e. The van der Waals surface area contributed by atoms with Gasteiger partial charge in [-0.3, -0.25) is 19.9 Å². The molecule has 60 valence electrons. The highest BCUT2D eigenvalue weighted by atomic mass is 16.2. The van der Waals surface area contributed by atoms with Crippen molar-refractivity contribution in [3.05, 3.63) is 0 Å². The van der Waals surface area contributed by atoms with Crippen LogP contribution in [-0.4, -0.2) is 36.1 Å². The summed E-state index contributed by atoms with van der Waals surface area (Å²) in [5.41, 5.74) is 0. The van der Waals surface area contributed by atoms with Gasteiger partial charge in [-0.25, -0.2) is 0 Å². The van der Waals surface area contributed by atoms with Crippen molar-refractivity contribution in [3.63, 3.8) is 0 Å². The van der Waals surface area contributed by atoms with E-state index in [1.54, 1.807) is 0 Å². The second-order valence-electron chi connectivity index (χ2n) is 2.14. The van der Waals surface area contributed by atoms with Gasteiger partial charge < -0.3 is 0 Å². The molecule has 1 heterocycles. The van der Waals surface area contributed by atoms with Gasteiger partial charge in [-0.05, 0) is 6.92 Å². The third-order valence-corrected chi connectivity index (χ3v) is 1.29. The first-order valence-corrected chi connectivity index (χ1v) is 3.35. The van der Waals surface area contributed by atoms with Crippen molar-refractivity contribution in [2.24, 2.45) is 5.10 Å². The van der Waals surface area contributed by atoms with Crippen LogP contribution >= 0.6 is 0 Å². The Bertz CT molecular complexity index is 212. The van der Waals surface area contributed by atoms with Crippen LogP contribution in [0.15, 0.2) is 5.10 Å². The lowest BCUT2D eigenvalue weighted by Crippen LogP contribution is -2.34. The van der Waals surface area contributed by atoms with Crippen molar-refractivity contribution >= 4 is 18.0 Å². The minimum atomic E-state index is -0.453. The van der Waals surface area contributed by atoms with Crippen LogP contribution in [0.4, 0.5) is 0 Å². The second-order valence-corrected chi connectivity index (χ2v) is 2.14. The lowest BCUT2D eigenvalue weighted by molar-refractivity contribution is -0.127. The van der Waals surface area contributed by atoms with E-state index in [0.29, 0.717) is 6.54 Å². The number of hydrogen-bond acceptors (Lipinski definition) is 4. The summed E-state index contributed by atoms with van der Waals surface area (Å²) in [4.78, 5) is 21.5. The van der Waals surface area contributed by atoms with Crippen molar-refractivity contribution in [1.82, 2.24) is 10.3 Å². The van der Waals surface area contributed by atoms with Crippen molar-refractivity contribution in [2.75, 3.05) is 13.1 Å². The number of amides is 2. The summed E-state index contributed by atoms with van der Waals surface area (Å²) in [6, 6.07) is 0. The maximum absolute atomic E-state index is 10.8. The van der Waals surface area contributed by atoms with Crippen molar-refractivity contribution in [1.29, 1.82) is 0 Å². The fourth-order valence-electron chi connectivity index (χ4n) is 0.743. The molecule has 0 aromatic heterocycles. The Balaban J connectivity index is 2.67. The fourth-order valence-corrected chi connectivity index (χ4v) is 0.743. The molecular weight excluding hydrogens is 146 g/mol. The summed E-state index contributed by atoms with van der Waals surface area (Å²) in [5, 5.41) is 7.40. The summed E-state index contributed by atoms with van der Waals surface area (Å²) in [6.45, 7) is 2.64. The summed E-state index contributed by atoms with van der Waals surface area (Å²) in [6.07, 6.45) is 1.11. The van der Waals surface area contributed by atoms with E-state index in [1.807, 2.05) is 6.92 Å². The zero-order chi connectivity index (χ0) is 8.27. The first-order valence-electron chi connectivity index (χ1n) is 3.35. The molecule has 0 fully saturated rings. The van der Waals surface area contributed by atoms with Crippen molar-refractivity contribution < 1.29 is 9.59 Å². The normalized spacial score (nSPS) is 18.1. The topological polar surface area (TPSA) is 61.8 Å². The molecule has 0 aromatic carbocycles. The molecule has 1 N–H and O–H groups in total. The van der Waals surface area contributed by atoms with Crippen LogP contribution in [0.25, 0.3) is 0 Å².